The average Bonchev–Trinajstić information content (AvgIpc) is 3.19. The van der Waals surface area contributed by atoms with Crippen molar-refractivity contribution in [2.24, 2.45) is 23.7 Å². The Morgan fingerprint density at radius 1 is 1.03 bits per heavy atom. The molecule has 1 aromatic heterocycles. The number of carbonyl (C=O) groups excluding carboxylic acids is 1. The van der Waals surface area contributed by atoms with Crippen molar-refractivity contribution in [3.05, 3.63) is 46.2 Å². The molecule has 0 saturated heterocycles. The normalized spacial score (nSPS) is 29.6. The van der Waals surface area contributed by atoms with Crippen LogP contribution in [0.15, 0.2) is 35.7 Å². The Labute approximate surface area is 176 Å². The van der Waals surface area contributed by atoms with Crippen molar-refractivity contribution in [1.29, 1.82) is 0 Å². The molecule has 0 atom stereocenters. The van der Waals surface area contributed by atoms with Gasteiger partial charge in [-0.05, 0) is 86.3 Å². The average molecular weight is 412 g/mol. The van der Waals surface area contributed by atoms with Crippen LogP contribution >= 0.6 is 11.3 Å². The van der Waals surface area contributed by atoms with E-state index in [1.807, 2.05) is 42.6 Å². The van der Waals surface area contributed by atoms with Crippen LogP contribution in [-0.2, 0) is 6.61 Å². The highest BCUT2D eigenvalue weighted by Gasteiger charge is 2.48. The first-order valence-corrected chi connectivity index (χ1v) is 11.8. The molecule has 6 rings (SSSR count). The van der Waals surface area contributed by atoms with E-state index in [1.54, 1.807) is 0 Å². The van der Waals surface area contributed by atoms with Crippen molar-refractivity contribution < 1.29 is 14.3 Å². The molecule has 4 saturated carbocycles. The quantitative estimate of drug-likeness (QED) is 0.674. The summed E-state index contributed by atoms with van der Waals surface area (Å²) in [7, 11) is 0. The van der Waals surface area contributed by atoms with Gasteiger partial charge in [-0.3, -0.25) is 4.79 Å². The van der Waals surface area contributed by atoms with Gasteiger partial charge in [-0.2, -0.15) is 0 Å². The van der Waals surface area contributed by atoms with Crippen LogP contribution in [0.2, 0.25) is 0 Å². The molecule has 4 aliphatic carbocycles. The fourth-order valence-corrected chi connectivity index (χ4v) is 6.76. The largest absolute Gasteiger partial charge is 0.490 e. The fourth-order valence-electron chi connectivity index (χ4n) is 5.96. The zero-order chi connectivity index (χ0) is 19.8. The molecule has 4 fully saturated rings. The number of thiophene rings is 1. The molecule has 154 valence electrons. The first kappa shape index (κ1) is 19.0. The van der Waals surface area contributed by atoms with E-state index >= 15 is 0 Å². The number of nitrogens with one attached hydrogen (secondary N) is 1. The van der Waals surface area contributed by atoms with Gasteiger partial charge < -0.3 is 14.8 Å². The van der Waals surface area contributed by atoms with Crippen molar-refractivity contribution in [3.63, 3.8) is 0 Å². The number of carbonyl (C=O) groups is 1. The highest BCUT2D eigenvalue weighted by Crippen LogP contribution is 2.53. The van der Waals surface area contributed by atoms with Gasteiger partial charge in [0.25, 0.3) is 5.91 Å². The number of hydrogen-bond acceptors (Lipinski definition) is 4. The summed E-state index contributed by atoms with van der Waals surface area (Å²) in [5.74, 6) is 4.84. The zero-order valence-corrected chi connectivity index (χ0v) is 17.8. The lowest BCUT2D eigenvalue weighted by atomic mass is 9.54. The summed E-state index contributed by atoms with van der Waals surface area (Å²) in [6, 6.07) is 10.1. The van der Waals surface area contributed by atoms with Gasteiger partial charge in [-0.1, -0.05) is 12.1 Å². The molecule has 0 spiro atoms. The van der Waals surface area contributed by atoms with Crippen LogP contribution in [0.1, 0.15) is 54.3 Å². The van der Waals surface area contributed by atoms with Crippen molar-refractivity contribution in [2.75, 3.05) is 6.61 Å². The minimum absolute atomic E-state index is 0.0911. The fraction of sp³-hybridized carbons (Fsp3) is 0.542. The highest BCUT2D eigenvalue weighted by atomic mass is 32.1. The van der Waals surface area contributed by atoms with Crippen molar-refractivity contribution in [1.82, 2.24) is 5.32 Å². The smallest absolute Gasteiger partial charge is 0.261 e. The van der Waals surface area contributed by atoms with Crippen LogP contribution in [0.5, 0.6) is 11.5 Å². The lowest BCUT2D eigenvalue weighted by molar-refractivity contribution is -0.0119. The molecule has 5 heteroatoms. The molecule has 1 heterocycles. The SMILES string of the molecule is CCOc1ccccc1OCc1csc(C(=O)NC2C3CC4CC(C3)CC2C4)c1. The van der Waals surface area contributed by atoms with E-state index < -0.39 is 0 Å². The van der Waals surface area contributed by atoms with Crippen LogP contribution in [0.25, 0.3) is 0 Å². The third-order valence-electron chi connectivity index (χ3n) is 6.95. The van der Waals surface area contributed by atoms with Crippen LogP contribution in [0.3, 0.4) is 0 Å². The van der Waals surface area contributed by atoms with Gasteiger partial charge in [0.15, 0.2) is 11.5 Å². The topological polar surface area (TPSA) is 47.6 Å². The molecular formula is C24H29NO3S. The number of ether oxygens (including phenoxy) is 2. The molecule has 0 aliphatic heterocycles. The molecule has 2 aromatic rings. The van der Waals surface area contributed by atoms with E-state index in [4.69, 9.17) is 9.47 Å². The van der Waals surface area contributed by atoms with Crippen LogP contribution in [0, 0.1) is 23.7 Å². The van der Waals surface area contributed by atoms with Crippen LogP contribution in [0.4, 0.5) is 0 Å². The first-order valence-electron chi connectivity index (χ1n) is 10.9. The Morgan fingerprint density at radius 3 is 2.34 bits per heavy atom. The lowest BCUT2D eigenvalue weighted by Gasteiger charge is -2.54. The maximum atomic E-state index is 12.9. The van der Waals surface area contributed by atoms with Gasteiger partial charge in [0.2, 0.25) is 0 Å². The molecule has 1 N–H and O–H groups in total. The second-order valence-electron chi connectivity index (χ2n) is 8.92. The summed E-state index contributed by atoms with van der Waals surface area (Å²) in [6.45, 7) is 3.00. The molecule has 0 unspecified atom stereocenters. The molecule has 1 amide bonds. The van der Waals surface area contributed by atoms with E-state index in [1.165, 1.54) is 43.4 Å². The van der Waals surface area contributed by atoms with E-state index in [0.29, 0.717) is 31.1 Å². The molecule has 4 nitrogen and oxygen atoms in total. The summed E-state index contributed by atoms with van der Waals surface area (Å²) < 4.78 is 11.6. The van der Waals surface area contributed by atoms with E-state index in [9.17, 15) is 4.79 Å². The lowest BCUT2D eigenvalue weighted by Crippen LogP contribution is -2.55. The maximum Gasteiger partial charge on any atom is 0.261 e. The maximum absolute atomic E-state index is 12.9. The Morgan fingerprint density at radius 2 is 1.69 bits per heavy atom. The number of rotatable bonds is 7. The standard InChI is InChI=1S/C24H29NO3S/c1-2-27-20-5-3-4-6-21(20)28-13-17-12-22(29-14-17)24(26)25-23-18-8-15-7-16(10-18)11-19(23)9-15/h3-6,12,14-16,18-19,23H,2,7-11,13H2,1H3,(H,25,26). The zero-order valence-electron chi connectivity index (χ0n) is 16.9. The first-order chi connectivity index (χ1) is 14.2. The number of para-hydroxylation sites is 2. The highest BCUT2D eigenvalue weighted by molar-refractivity contribution is 7.12. The Hall–Kier alpha value is -2.01. The van der Waals surface area contributed by atoms with Crippen LogP contribution in [-0.4, -0.2) is 18.6 Å². The second kappa shape index (κ2) is 8.02. The molecule has 4 bridgehead atoms. The van der Waals surface area contributed by atoms with Crippen molar-refractivity contribution in [3.8, 4) is 11.5 Å². The van der Waals surface area contributed by atoms with Crippen LogP contribution < -0.4 is 14.8 Å². The van der Waals surface area contributed by atoms with Crippen molar-refractivity contribution >= 4 is 17.2 Å². The third kappa shape index (κ3) is 3.89. The minimum atomic E-state index is 0.0911. The summed E-state index contributed by atoms with van der Waals surface area (Å²) in [6.07, 6.45) is 6.72. The van der Waals surface area contributed by atoms with Gasteiger partial charge in [0, 0.05) is 11.6 Å². The molecule has 1 aromatic carbocycles. The van der Waals surface area contributed by atoms with E-state index in [0.717, 1.165) is 33.8 Å². The summed E-state index contributed by atoms with van der Waals surface area (Å²) in [4.78, 5) is 13.7. The predicted octanol–water partition coefficient (Wildman–Crippen LogP) is 5.28. The van der Waals surface area contributed by atoms with E-state index in [2.05, 4.69) is 5.32 Å². The van der Waals surface area contributed by atoms with Gasteiger partial charge in [-0.15, -0.1) is 11.3 Å². The Balaban J connectivity index is 1.20. The number of amides is 1. The summed E-state index contributed by atoms with van der Waals surface area (Å²) in [5.41, 5.74) is 1.02. The third-order valence-corrected chi connectivity index (χ3v) is 7.92. The van der Waals surface area contributed by atoms with Gasteiger partial charge in [-0.25, -0.2) is 0 Å². The monoisotopic (exact) mass is 411 g/mol. The molecule has 4 aliphatic rings. The molecular weight excluding hydrogens is 382 g/mol. The van der Waals surface area contributed by atoms with Crippen molar-refractivity contribution in [2.45, 2.75) is 51.7 Å². The van der Waals surface area contributed by atoms with E-state index in [-0.39, 0.29) is 5.91 Å². The molecule has 29 heavy (non-hydrogen) atoms. The molecule has 0 radical (unpaired) electrons. The van der Waals surface area contributed by atoms with Gasteiger partial charge in [0.05, 0.1) is 11.5 Å². The van der Waals surface area contributed by atoms with Gasteiger partial charge in [0.1, 0.15) is 6.61 Å². The number of hydrogen-bond donors (Lipinski definition) is 1. The Bertz CT molecular complexity index is 849. The van der Waals surface area contributed by atoms with Gasteiger partial charge >= 0.3 is 0 Å². The Kier molecular flexibility index (Phi) is 5.25. The summed E-state index contributed by atoms with van der Waals surface area (Å²) >= 11 is 1.51. The number of benzene rings is 1. The minimum Gasteiger partial charge on any atom is -0.490 e. The second-order valence-corrected chi connectivity index (χ2v) is 9.83. The summed E-state index contributed by atoms with van der Waals surface area (Å²) in [5, 5.41) is 5.42. The predicted molar refractivity (Wildman–Crippen MR) is 115 cm³/mol.